The van der Waals surface area contributed by atoms with Crippen LogP contribution < -0.4 is 10.1 Å². The standard InChI is InChI=1S/C24H29ClF5N3O4S/c1-13(24(28,29)30)10-15-6-9-17(18(11-15)37-23(26)27)21-19(25)20(32-33(21)2)22(34)31-12-14-4-7-16(8-5-14)38(3,35)36/h6,9,11,13-14,16,23H,4-5,7-8,10,12H2,1-3H3,(H,31,34). The van der Waals surface area contributed by atoms with E-state index >= 15 is 0 Å². The normalized spacial score (nSPS) is 19.4. The molecule has 7 nitrogen and oxygen atoms in total. The Hall–Kier alpha value is -2.41. The molecular weight excluding hydrogens is 557 g/mol. The summed E-state index contributed by atoms with van der Waals surface area (Å²) in [5.41, 5.74) is 0.0891. The van der Waals surface area contributed by atoms with Crippen LogP contribution in [0.15, 0.2) is 18.2 Å². The number of nitrogens with zero attached hydrogens (tertiary/aromatic N) is 2. The molecule has 1 aliphatic rings. The van der Waals surface area contributed by atoms with E-state index in [4.69, 9.17) is 11.6 Å². The van der Waals surface area contributed by atoms with Crippen LogP contribution in [-0.4, -0.2) is 54.9 Å². The highest BCUT2D eigenvalue weighted by Crippen LogP contribution is 2.39. The van der Waals surface area contributed by atoms with Crippen LogP contribution in [0.3, 0.4) is 0 Å². The fourth-order valence-electron chi connectivity index (χ4n) is 4.57. The summed E-state index contributed by atoms with van der Waals surface area (Å²) in [6, 6.07) is 3.76. The minimum atomic E-state index is -4.46. The summed E-state index contributed by atoms with van der Waals surface area (Å²) in [6.45, 7) is -1.98. The molecule has 1 N–H and O–H groups in total. The third-order valence-electron chi connectivity index (χ3n) is 6.77. The molecule has 1 unspecified atom stereocenters. The van der Waals surface area contributed by atoms with E-state index in [2.05, 4.69) is 15.2 Å². The Morgan fingerprint density at radius 1 is 1.24 bits per heavy atom. The number of halogens is 6. The van der Waals surface area contributed by atoms with E-state index in [0.717, 1.165) is 13.0 Å². The van der Waals surface area contributed by atoms with Gasteiger partial charge in [0.15, 0.2) is 5.69 Å². The predicted octanol–water partition coefficient (Wildman–Crippen LogP) is 5.42. The summed E-state index contributed by atoms with van der Waals surface area (Å²) in [6.07, 6.45) is -1.39. The van der Waals surface area contributed by atoms with E-state index < -0.39 is 46.6 Å². The third-order valence-corrected chi connectivity index (χ3v) is 8.81. The first kappa shape index (κ1) is 30.1. The minimum absolute atomic E-state index is 0.0341. The van der Waals surface area contributed by atoms with Gasteiger partial charge in [0.2, 0.25) is 0 Å². The first-order valence-corrected chi connectivity index (χ1v) is 14.3. The third kappa shape index (κ3) is 7.37. The summed E-state index contributed by atoms with van der Waals surface area (Å²) >= 11 is 6.44. The molecule has 3 rings (SSSR count). The molecule has 0 saturated heterocycles. The van der Waals surface area contributed by atoms with Crippen LogP contribution in [0.4, 0.5) is 22.0 Å². The molecule has 0 aliphatic heterocycles. The molecule has 1 aromatic carbocycles. The van der Waals surface area contributed by atoms with Crippen molar-refractivity contribution in [3.63, 3.8) is 0 Å². The molecule has 38 heavy (non-hydrogen) atoms. The van der Waals surface area contributed by atoms with Gasteiger partial charge in [-0.2, -0.15) is 27.1 Å². The van der Waals surface area contributed by atoms with Gasteiger partial charge in [-0.15, -0.1) is 0 Å². The van der Waals surface area contributed by atoms with Crippen molar-refractivity contribution in [1.82, 2.24) is 15.1 Å². The van der Waals surface area contributed by atoms with Gasteiger partial charge in [0.25, 0.3) is 5.91 Å². The Kier molecular flexibility index (Phi) is 9.33. The Morgan fingerprint density at radius 3 is 2.42 bits per heavy atom. The molecule has 1 fully saturated rings. The quantitative estimate of drug-likeness (QED) is 0.397. The Labute approximate surface area is 222 Å². The Balaban J connectivity index is 1.79. The molecule has 0 spiro atoms. The molecule has 2 aromatic rings. The molecule has 1 aliphatic carbocycles. The van der Waals surface area contributed by atoms with Gasteiger partial charge in [-0.1, -0.05) is 24.6 Å². The lowest BCUT2D eigenvalue weighted by atomic mass is 9.89. The number of aromatic nitrogens is 2. The van der Waals surface area contributed by atoms with E-state index in [-0.39, 0.29) is 45.2 Å². The van der Waals surface area contributed by atoms with Gasteiger partial charge in [0.05, 0.1) is 21.9 Å². The fourth-order valence-corrected chi connectivity index (χ4v) is 6.05. The second-order valence-electron chi connectivity index (χ2n) is 9.67. The first-order valence-electron chi connectivity index (χ1n) is 11.9. The summed E-state index contributed by atoms with van der Waals surface area (Å²) in [5.74, 6) is -2.62. The highest BCUT2D eigenvalue weighted by Gasteiger charge is 2.36. The van der Waals surface area contributed by atoms with Crippen molar-refractivity contribution in [3.8, 4) is 17.0 Å². The summed E-state index contributed by atoms with van der Waals surface area (Å²) < 4.78 is 94.5. The van der Waals surface area contributed by atoms with Gasteiger partial charge in [-0.25, -0.2) is 8.42 Å². The molecule has 212 valence electrons. The summed E-state index contributed by atoms with van der Waals surface area (Å²) in [5, 5.41) is 6.34. The van der Waals surface area contributed by atoms with Gasteiger partial charge in [-0.3, -0.25) is 9.48 Å². The van der Waals surface area contributed by atoms with Gasteiger partial charge in [-0.05, 0) is 55.7 Å². The number of hydrogen-bond acceptors (Lipinski definition) is 5. The number of carbonyl (C=O) groups excluding carboxylic acids is 1. The predicted molar refractivity (Wildman–Crippen MR) is 132 cm³/mol. The second-order valence-corrected chi connectivity index (χ2v) is 12.4. The van der Waals surface area contributed by atoms with Crippen molar-refractivity contribution in [2.45, 2.75) is 57.1 Å². The molecule has 14 heteroatoms. The van der Waals surface area contributed by atoms with Gasteiger partial charge >= 0.3 is 12.8 Å². The van der Waals surface area contributed by atoms with Crippen molar-refractivity contribution >= 4 is 27.3 Å². The molecule has 0 bridgehead atoms. The van der Waals surface area contributed by atoms with Crippen molar-refractivity contribution in [2.24, 2.45) is 18.9 Å². The molecule has 1 saturated carbocycles. The Morgan fingerprint density at radius 2 is 1.87 bits per heavy atom. The number of rotatable bonds is 9. The zero-order chi connectivity index (χ0) is 28.4. The highest BCUT2D eigenvalue weighted by molar-refractivity contribution is 7.91. The molecule has 1 atom stereocenters. The van der Waals surface area contributed by atoms with Crippen molar-refractivity contribution in [3.05, 3.63) is 34.5 Å². The lowest BCUT2D eigenvalue weighted by molar-refractivity contribution is -0.169. The molecular formula is C24H29ClF5N3O4S. The van der Waals surface area contributed by atoms with E-state index in [9.17, 15) is 35.2 Å². The van der Waals surface area contributed by atoms with Gasteiger partial charge in [0.1, 0.15) is 15.6 Å². The van der Waals surface area contributed by atoms with Crippen LogP contribution in [0.1, 0.15) is 48.7 Å². The maximum atomic E-state index is 13.1. The average molecular weight is 586 g/mol. The van der Waals surface area contributed by atoms with E-state index in [0.29, 0.717) is 25.7 Å². The SMILES string of the molecule is CC(Cc1ccc(-c2c(Cl)c(C(=O)NCC3CCC(S(C)(=O)=O)CC3)nn2C)c(OC(F)F)c1)C(F)(F)F. The van der Waals surface area contributed by atoms with Crippen LogP contribution in [0.2, 0.25) is 5.02 Å². The molecule has 1 aromatic heterocycles. The first-order chi connectivity index (χ1) is 17.6. The maximum Gasteiger partial charge on any atom is 0.391 e. The zero-order valence-corrected chi connectivity index (χ0v) is 22.6. The number of hydrogen-bond donors (Lipinski definition) is 1. The smallest absolute Gasteiger partial charge is 0.391 e. The van der Waals surface area contributed by atoms with E-state index in [1.807, 2.05) is 0 Å². The largest absolute Gasteiger partial charge is 0.434 e. The minimum Gasteiger partial charge on any atom is -0.434 e. The summed E-state index contributed by atoms with van der Waals surface area (Å²) in [4.78, 5) is 12.8. The number of alkyl halides is 5. The monoisotopic (exact) mass is 585 g/mol. The van der Waals surface area contributed by atoms with Crippen LogP contribution in [0.25, 0.3) is 11.3 Å². The zero-order valence-electron chi connectivity index (χ0n) is 21.0. The lowest BCUT2D eigenvalue weighted by Crippen LogP contribution is -2.34. The Bertz CT molecular complexity index is 1260. The number of amides is 1. The van der Waals surface area contributed by atoms with Gasteiger partial charge < -0.3 is 10.1 Å². The number of aryl methyl sites for hydroxylation is 1. The van der Waals surface area contributed by atoms with Crippen molar-refractivity contribution in [2.75, 3.05) is 12.8 Å². The topological polar surface area (TPSA) is 90.3 Å². The van der Waals surface area contributed by atoms with Crippen LogP contribution in [0, 0.1) is 11.8 Å². The average Bonchev–Trinajstić information content (AvgIpc) is 3.10. The number of sulfone groups is 1. The molecule has 1 heterocycles. The van der Waals surface area contributed by atoms with E-state index in [1.165, 1.54) is 30.1 Å². The number of carbonyl (C=O) groups is 1. The van der Waals surface area contributed by atoms with Crippen LogP contribution in [-0.2, 0) is 23.3 Å². The summed E-state index contributed by atoms with van der Waals surface area (Å²) in [7, 11) is -1.67. The van der Waals surface area contributed by atoms with Crippen LogP contribution in [0.5, 0.6) is 5.75 Å². The number of benzene rings is 1. The fraction of sp³-hybridized carbons (Fsp3) is 0.583. The van der Waals surface area contributed by atoms with E-state index in [1.54, 1.807) is 0 Å². The van der Waals surface area contributed by atoms with Crippen molar-refractivity contribution in [1.29, 1.82) is 0 Å². The molecule has 1 amide bonds. The lowest BCUT2D eigenvalue weighted by Gasteiger charge is -2.27. The number of ether oxygens (including phenoxy) is 1. The number of nitrogens with one attached hydrogen (secondary N) is 1. The second kappa shape index (κ2) is 11.8. The van der Waals surface area contributed by atoms with Crippen molar-refractivity contribution < 1.29 is 39.9 Å². The highest BCUT2D eigenvalue weighted by atomic mass is 35.5. The van der Waals surface area contributed by atoms with Gasteiger partial charge in [0, 0.05) is 25.4 Å². The molecule has 0 radical (unpaired) electrons. The maximum absolute atomic E-state index is 13.1. The van der Waals surface area contributed by atoms with Crippen LogP contribution >= 0.6 is 11.6 Å².